The summed E-state index contributed by atoms with van der Waals surface area (Å²) in [5.74, 6) is 2.03. The standard InChI is InChI=1S/C16H25N3O/c1-12-17-14-7-4-3-6-13(14)15(18-12)19-9-5-8-16(2,10-19)11-20/h20H,3-11H2,1-2H3. The maximum atomic E-state index is 9.65. The van der Waals surface area contributed by atoms with Crippen molar-refractivity contribution >= 4 is 5.82 Å². The highest BCUT2D eigenvalue weighted by atomic mass is 16.3. The second-order valence-corrected chi connectivity index (χ2v) is 6.72. The summed E-state index contributed by atoms with van der Waals surface area (Å²) in [5, 5.41) is 9.65. The molecule has 0 saturated carbocycles. The molecule has 1 aromatic rings. The average Bonchev–Trinajstić information content (AvgIpc) is 2.46. The van der Waals surface area contributed by atoms with E-state index in [2.05, 4.69) is 16.8 Å². The van der Waals surface area contributed by atoms with Crippen LogP contribution in [0.15, 0.2) is 0 Å². The van der Waals surface area contributed by atoms with Crippen LogP contribution in [0.3, 0.4) is 0 Å². The molecule has 2 heterocycles. The van der Waals surface area contributed by atoms with Gasteiger partial charge in [0, 0.05) is 29.8 Å². The molecule has 0 radical (unpaired) electrons. The van der Waals surface area contributed by atoms with Gasteiger partial charge in [0.1, 0.15) is 11.6 Å². The van der Waals surface area contributed by atoms with E-state index in [1.54, 1.807) is 0 Å². The Labute approximate surface area is 121 Å². The summed E-state index contributed by atoms with van der Waals surface area (Å²) in [6, 6.07) is 0. The Bertz CT molecular complexity index is 503. The SMILES string of the molecule is Cc1nc2c(c(N3CCCC(C)(CO)C3)n1)CCCC2. The van der Waals surface area contributed by atoms with Crippen molar-refractivity contribution in [2.24, 2.45) is 5.41 Å². The summed E-state index contributed by atoms with van der Waals surface area (Å²) in [7, 11) is 0. The van der Waals surface area contributed by atoms with Gasteiger partial charge in [-0.15, -0.1) is 0 Å². The minimum absolute atomic E-state index is 0.0126. The van der Waals surface area contributed by atoms with Crippen LogP contribution in [-0.2, 0) is 12.8 Å². The van der Waals surface area contributed by atoms with E-state index in [1.807, 2.05) is 6.92 Å². The van der Waals surface area contributed by atoms with Crippen LogP contribution >= 0.6 is 0 Å². The zero-order chi connectivity index (χ0) is 14.2. The minimum Gasteiger partial charge on any atom is -0.396 e. The van der Waals surface area contributed by atoms with Crippen molar-refractivity contribution in [1.82, 2.24) is 9.97 Å². The number of nitrogens with zero attached hydrogens (tertiary/aromatic N) is 3. The van der Waals surface area contributed by atoms with Crippen molar-refractivity contribution in [3.8, 4) is 0 Å². The number of aromatic nitrogens is 2. The Morgan fingerprint density at radius 1 is 1.20 bits per heavy atom. The van der Waals surface area contributed by atoms with Crippen molar-refractivity contribution in [3.63, 3.8) is 0 Å². The molecular weight excluding hydrogens is 250 g/mol. The van der Waals surface area contributed by atoms with E-state index < -0.39 is 0 Å². The third-order valence-corrected chi connectivity index (χ3v) is 4.74. The molecule has 2 aliphatic rings. The maximum Gasteiger partial charge on any atom is 0.135 e. The number of aliphatic hydroxyl groups is 1. The minimum atomic E-state index is 0.0126. The van der Waals surface area contributed by atoms with Crippen LogP contribution in [0.1, 0.15) is 49.7 Å². The Morgan fingerprint density at radius 3 is 2.80 bits per heavy atom. The molecule has 4 heteroatoms. The van der Waals surface area contributed by atoms with E-state index in [0.717, 1.165) is 50.4 Å². The normalized spacial score (nSPS) is 26.4. The van der Waals surface area contributed by atoms with Crippen molar-refractivity contribution in [1.29, 1.82) is 0 Å². The van der Waals surface area contributed by atoms with Crippen molar-refractivity contribution in [2.45, 2.75) is 52.4 Å². The van der Waals surface area contributed by atoms with Gasteiger partial charge in [0.2, 0.25) is 0 Å². The molecule has 1 aromatic heterocycles. The first-order valence-corrected chi connectivity index (χ1v) is 7.83. The van der Waals surface area contributed by atoms with Gasteiger partial charge in [-0.1, -0.05) is 6.92 Å². The molecule has 4 nitrogen and oxygen atoms in total. The lowest BCUT2D eigenvalue weighted by Gasteiger charge is -2.41. The highest BCUT2D eigenvalue weighted by Crippen LogP contribution is 2.34. The van der Waals surface area contributed by atoms with E-state index in [1.165, 1.54) is 24.1 Å². The maximum absolute atomic E-state index is 9.65. The Hall–Kier alpha value is -1.16. The molecule has 1 N–H and O–H groups in total. The highest BCUT2D eigenvalue weighted by Gasteiger charge is 2.32. The Balaban J connectivity index is 1.95. The van der Waals surface area contributed by atoms with Gasteiger partial charge in [0.25, 0.3) is 0 Å². The number of rotatable bonds is 2. The van der Waals surface area contributed by atoms with E-state index in [-0.39, 0.29) is 12.0 Å². The molecule has 0 amide bonds. The summed E-state index contributed by atoms with van der Waals surface area (Å²) in [4.78, 5) is 11.8. The van der Waals surface area contributed by atoms with Gasteiger partial charge in [0.15, 0.2) is 0 Å². The molecule has 1 atom stereocenters. The van der Waals surface area contributed by atoms with Crippen LogP contribution in [0.2, 0.25) is 0 Å². The largest absolute Gasteiger partial charge is 0.396 e. The first kappa shape index (κ1) is 13.8. The van der Waals surface area contributed by atoms with Crippen LogP contribution < -0.4 is 4.90 Å². The fourth-order valence-corrected chi connectivity index (χ4v) is 3.58. The second kappa shape index (κ2) is 5.32. The summed E-state index contributed by atoms with van der Waals surface area (Å²) in [6.07, 6.45) is 6.93. The van der Waals surface area contributed by atoms with Crippen molar-refractivity contribution < 1.29 is 5.11 Å². The van der Waals surface area contributed by atoms with Gasteiger partial charge in [-0.05, 0) is 45.4 Å². The predicted molar refractivity (Wildman–Crippen MR) is 80.1 cm³/mol. The zero-order valence-corrected chi connectivity index (χ0v) is 12.7. The molecule has 1 aliphatic carbocycles. The zero-order valence-electron chi connectivity index (χ0n) is 12.7. The topological polar surface area (TPSA) is 49.2 Å². The van der Waals surface area contributed by atoms with E-state index in [9.17, 15) is 5.11 Å². The molecular formula is C16H25N3O. The number of hydrogen-bond donors (Lipinski definition) is 1. The third kappa shape index (κ3) is 2.53. The fraction of sp³-hybridized carbons (Fsp3) is 0.750. The molecule has 0 aromatic carbocycles. The lowest BCUT2D eigenvalue weighted by Crippen LogP contribution is -2.44. The third-order valence-electron chi connectivity index (χ3n) is 4.74. The number of fused-ring (bicyclic) bond motifs is 1. The van der Waals surface area contributed by atoms with Gasteiger partial charge >= 0.3 is 0 Å². The first-order chi connectivity index (χ1) is 9.61. The molecule has 20 heavy (non-hydrogen) atoms. The molecule has 1 unspecified atom stereocenters. The monoisotopic (exact) mass is 275 g/mol. The highest BCUT2D eigenvalue weighted by molar-refractivity contribution is 5.51. The Kier molecular flexibility index (Phi) is 3.67. The molecule has 110 valence electrons. The van der Waals surface area contributed by atoms with Gasteiger partial charge < -0.3 is 10.0 Å². The van der Waals surface area contributed by atoms with Crippen LogP contribution in [0.4, 0.5) is 5.82 Å². The number of piperidine rings is 1. The molecule has 3 rings (SSSR count). The number of aryl methyl sites for hydroxylation is 2. The first-order valence-electron chi connectivity index (χ1n) is 7.83. The fourth-order valence-electron chi connectivity index (χ4n) is 3.58. The lowest BCUT2D eigenvalue weighted by molar-refractivity contribution is 0.123. The summed E-state index contributed by atoms with van der Waals surface area (Å²) in [6.45, 7) is 6.40. The summed E-state index contributed by atoms with van der Waals surface area (Å²) < 4.78 is 0. The summed E-state index contributed by atoms with van der Waals surface area (Å²) >= 11 is 0. The smallest absolute Gasteiger partial charge is 0.135 e. The molecule has 0 spiro atoms. The molecule has 1 aliphatic heterocycles. The van der Waals surface area contributed by atoms with Gasteiger partial charge in [-0.2, -0.15) is 0 Å². The van der Waals surface area contributed by atoms with Crippen LogP contribution in [0.5, 0.6) is 0 Å². The van der Waals surface area contributed by atoms with E-state index in [0.29, 0.717) is 0 Å². The molecule has 1 saturated heterocycles. The van der Waals surface area contributed by atoms with Crippen molar-refractivity contribution in [3.05, 3.63) is 17.1 Å². The van der Waals surface area contributed by atoms with Crippen LogP contribution in [0, 0.1) is 12.3 Å². The predicted octanol–water partition coefficient (Wildman–Crippen LogP) is 2.26. The molecule has 0 bridgehead atoms. The Morgan fingerprint density at radius 2 is 2.00 bits per heavy atom. The second-order valence-electron chi connectivity index (χ2n) is 6.72. The summed E-state index contributed by atoms with van der Waals surface area (Å²) in [5.41, 5.74) is 2.64. The van der Waals surface area contributed by atoms with Crippen molar-refractivity contribution in [2.75, 3.05) is 24.6 Å². The number of anilines is 1. The average molecular weight is 275 g/mol. The van der Waals surface area contributed by atoms with Gasteiger partial charge in [-0.3, -0.25) is 0 Å². The van der Waals surface area contributed by atoms with Gasteiger partial charge in [-0.25, -0.2) is 9.97 Å². The number of aliphatic hydroxyl groups excluding tert-OH is 1. The molecule has 1 fully saturated rings. The number of hydrogen-bond acceptors (Lipinski definition) is 4. The van der Waals surface area contributed by atoms with Crippen LogP contribution in [-0.4, -0.2) is 34.8 Å². The quantitative estimate of drug-likeness (QED) is 0.899. The van der Waals surface area contributed by atoms with E-state index >= 15 is 0 Å². The van der Waals surface area contributed by atoms with Gasteiger partial charge in [0.05, 0.1) is 6.61 Å². The lowest BCUT2D eigenvalue weighted by atomic mass is 9.82. The van der Waals surface area contributed by atoms with E-state index in [4.69, 9.17) is 4.98 Å². The van der Waals surface area contributed by atoms with Crippen LogP contribution in [0.25, 0.3) is 0 Å².